The Bertz CT molecular complexity index is 384. The third-order valence-corrected chi connectivity index (χ3v) is 1.59. The Kier molecular flexibility index (Phi) is 5.65. The van der Waals surface area contributed by atoms with Gasteiger partial charge in [0.1, 0.15) is 6.07 Å². The van der Waals surface area contributed by atoms with E-state index in [1.165, 1.54) is 24.3 Å². The fourth-order valence-electron chi connectivity index (χ4n) is 0.867. The smallest absolute Gasteiger partial charge is 0.236 e. The highest BCUT2D eigenvalue weighted by Crippen LogP contribution is 2.22. The fraction of sp³-hybridized carbons (Fsp3) is 0.167. The Morgan fingerprint density at radius 2 is 2.00 bits per heavy atom. The van der Waals surface area contributed by atoms with Crippen molar-refractivity contribution in [2.75, 3.05) is 0 Å². The van der Waals surface area contributed by atoms with Crippen LogP contribution in [0.25, 0.3) is 0 Å². The predicted molar refractivity (Wildman–Crippen MR) is 61.3 cm³/mol. The van der Waals surface area contributed by atoms with Gasteiger partial charge in [0, 0.05) is 6.42 Å². The average Bonchev–Trinajstić information content (AvgIpc) is 2.23. The SMILES string of the molecule is C=C/C=C(\C=C)N=C(C#N)C(F)(F)CC=C. The van der Waals surface area contributed by atoms with Crippen LogP contribution in [-0.2, 0) is 0 Å². The van der Waals surface area contributed by atoms with Gasteiger partial charge in [-0.25, -0.2) is 4.99 Å². The van der Waals surface area contributed by atoms with Gasteiger partial charge in [-0.15, -0.1) is 6.58 Å². The van der Waals surface area contributed by atoms with Crippen LogP contribution in [0.3, 0.4) is 0 Å². The number of allylic oxidation sites excluding steroid dienone is 4. The lowest BCUT2D eigenvalue weighted by molar-refractivity contribution is 0.0833. The number of nitrogens with zero attached hydrogens (tertiary/aromatic N) is 2. The van der Waals surface area contributed by atoms with Gasteiger partial charge in [-0.3, -0.25) is 0 Å². The first-order valence-corrected chi connectivity index (χ1v) is 4.45. The summed E-state index contributed by atoms with van der Waals surface area (Å²) in [5.41, 5.74) is -0.698. The zero-order valence-electron chi connectivity index (χ0n) is 8.79. The number of nitriles is 1. The Morgan fingerprint density at radius 3 is 2.38 bits per heavy atom. The van der Waals surface area contributed by atoms with Crippen LogP contribution >= 0.6 is 0 Å². The van der Waals surface area contributed by atoms with Crippen molar-refractivity contribution in [3.8, 4) is 6.07 Å². The molecule has 0 amide bonds. The summed E-state index contributed by atoms with van der Waals surface area (Å²) in [7, 11) is 0. The zero-order chi connectivity index (χ0) is 12.6. The van der Waals surface area contributed by atoms with Gasteiger partial charge in [0.05, 0.1) is 5.70 Å². The minimum atomic E-state index is -3.31. The van der Waals surface area contributed by atoms with E-state index in [0.29, 0.717) is 0 Å². The quantitative estimate of drug-likeness (QED) is 0.385. The van der Waals surface area contributed by atoms with Crippen LogP contribution in [0.2, 0.25) is 0 Å². The summed E-state index contributed by atoms with van der Waals surface area (Å²) < 4.78 is 26.6. The second-order valence-corrected chi connectivity index (χ2v) is 2.80. The topological polar surface area (TPSA) is 36.1 Å². The minimum Gasteiger partial charge on any atom is -0.236 e. The van der Waals surface area contributed by atoms with Gasteiger partial charge < -0.3 is 0 Å². The number of alkyl halides is 2. The van der Waals surface area contributed by atoms with E-state index in [0.717, 1.165) is 6.08 Å². The predicted octanol–water partition coefficient (Wildman–Crippen LogP) is 3.42. The summed E-state index contributed by atoms with van der Waals surface area (Å²) in [5, 5.41) is 8.62. The number of halogens is 2. The molecular formula is C12H12F2N2. The largest absolute Gasteiger partial charge is 0.302 e. The Morgan fingerprint density at radius 1 is 1.38 bits per heavy atom. The first kappa shape index (κ1) is 14.0. The first-order chi connectivity index (χ1) is 7.51. The molecule has 0 aromatic rings. The highest BCUT2D eigenvalue weighted by atomic mass is 19.3. The molecule has 0 aromatic carbocycles. The Labute approximate surface area is 93.6 Å². The van der Waals surface area contributed by atoms with Crippen LogP contribution in [-0.4, -0.2) is 11.6 Å². The van der Waals surface area contributed by atoms with Crippen molar-refractivity contribution in [3.05, 3.63) is 49.7 Å². The van der Waals surface area contributed by atoms with E-state index in [1.54, 1.807) is 0 Å². The molecule has 16 heavy (non-hydrogen) atoms. The molecular weight excluding hydrogens is 210 g/mol. The number of rotatable bonds is 6. The molecule has 0 rings (SSSR count). The van der Waals surface area contributed by atoms with Crippen LogP contribution in [0.5, 0.6) is 0 Å². The number of hydrogen-bond acceptors (Lipinski definition) is 2. The van der Waals surface area contributed by atoms with E-state index < -0.39 is 18.1 Å². The van der Waals surface area contributed by atoms with Gasteiger partial charge in [0.15, 0.2) is 5.71 Å². The monoisotopic (exact) mass is 222 g/mol. The Balaban J connectivity index is 5.28. The second-order valence-electron chi connectivity index (χ2n) is 2.80. The molecule has 84 valence electrons. The molecule has 0 saturated carbocycles. The van der Waals surface area contributed by atoms with Gasteiger partial charge in [-0.1, -0.05) is 25.3 Å². The molecule has 0 saturated heterocycles. The summed E-state index contributed by atoms with van der Waals surface area (Å²) in [4.78, 5) is 3.52. The van der Waals surface area contributed by atoms with Crippen LogP contribution in [0.15, 0.2) is 54.7 Å². The van der Waals surface area contributed by atoms with Crippen molar-refractivity contribution < 1.29 is 8.78 Å². The molecule has 0 spiro atoms. The van der Waals surface area contributed by atoms with Gasteiger partial charge in [0.2, 0.25) is 0 Å². The zero-order valence-corrected chi connectivity index (χ0v) is 8.79. The van der Waals surface area contributed by atoms with Gasteiger partial charge in [-0.2, -0.15) is 14.0 Å². The summed E-state index contributed by atoms with van der Waals surface area (Å²) in [6.07, 6.45) is 4.44. The van der Waals surface area contributed by atoms with E-state index in [9.17, 15) is 8.78 Å². The van der Waals surface area contributed by atoms with E-state index in [-0.39, 0.29) is 5.70 Å². The van der Waals surface area contributed by atoms with E-state index in [4.69, 9.17) is 5.26 Å². The van der Waals surface area contributed by atoms with Gasteiger partial charge in [-0.05, 0) is 12.2 Å². The van der Waals surface area contributed by atoms with Crippen molar-refractivity contribution >= 4 is 5.71 Å². The molecule has 0 aliphatic heterocycles. The maximum absolute atomic E-state index is 13.3. The molecule has 0 aliphatic carbocycles. The highest BCUT2D eigenvalue weighted by Gasteiger charge is 2.34. The van der Waals surface area contributed by atoms with Crippen molar-refractivity contribution in [2.45, 2.75) is 12.3 Å². The molecule has 0 aliphatic rings. The van der Waals surface area contributed by atoms with Crippen LogP contribution < -0.4 is 0 Å². The number of aliphatic imine (C=N–C) groups is 1. The summed E-state index contributed by atoms with van der Waals surface area (Å²) in [5.74, 6) is -3.31. The number of hydrogen-bond donors (Lipinski definition) is 0. The molecule has 2 nitrogen and oxygen atoms in total. The van der Waals surface area contributed by atoms with Crippen LogP contribution in [0, 0.1) is 11.3 Å². The molecule has 0 N–H and O–H groups in total. The third kappa shape index (κ3) is 4.01. The van der Waals surface area contributed by atoms with Crippen molar-refractivity contribution in [1.82, 2.24) is 0 Å². The summed E-state index contributed by atoms with van der Waals surface area (Å²) in [6.45, 7) is 10.0. The van der Waals surface area contributed by atoms with E-state index in [1.807, 2.05) is 0 Å². The molecule has 0 aromatic heterocycles. The minimum absolute atomic E-state index is 0.162. The first-order valence-electron chi connectivity index (χ1n) is 4.45. The molecule has 0 atom stereocenters. The second kappa shape index (κ2) is 6.46. The molecule has 4 heteroatoms. The standard InChI is InChI=1S/C12H12F2N2/c1-4-7-10(6-3)16-11(9-15)12(13,14)8-5-2/h4-7H,1-3,8H2/b10-7+,16-11?. The van der Waals surface area contributed by atoms with Crippen molar-refractivity contribution in [1.29, 1.82) is 5.26 Å². The molecule has 0 fully saturated rings. The fourth-order valence-corrected chi connectivity index (χ4v) is 0.867. The molecule has 0 unspecified atom stereocenters. The van der Waals surface area contributed by atoms with Crippen LogP contribution in [0.4, 0.5) is 8.78 Å². The average molecular weight is 222 g/mol. The lowest BCUT2D eigenvalue weighted by Crippen LogP contribution is -2.26. The van der Waals surface area contributed by atoms with Crippen molar-refractivity contribution in [3.63, 3.8) is 0 Å². The molecule has 0 radical (unpaired) electrons. The summed E-state index contributed by atoms with van der Waals surface area (Å²) >= 11 is 0. The summed E-state index contributed by atoms with van der Waals surface area (Å²) in [6, 6.07) is 1.38. The lowest BCUT2D eigenvalue weighted by atomic mass is 10.1. The normalized spacial score (nSPS) is 12.8. The van der Waals surface area contributed by atoms with E-state index in [2.05, 4.69) is 24.7 Å². The maximum Gasteiger partial charge on any atom is 0.302 e. The molecule has 0 bridgehead atoms. The molecule has 0 heterocycles. The lowest BCUT2D eigenvalue weighted by Gasteiger charge is -2.11. The Hall–Kier alpha value is -2.02. The van der Waals surface area contributed by atoms with Gasteiger partial charge >= 0.3 is 5.92 Å². The van der Waals surface area contributed by atoms with E-state index >= 15 is 0 Å². The third-order valence-electron chi connectivity index (χ3n) is 1.59. The van der Waals surface area contributed by atoms with Crippen molar-refractivity contribution in [2.24, 2.45) is 4.99 Å². The maximum atomic E-state index is 13.3. The van der Waals surface area contributed by atoms with Crippen LogP contribution in [0.1, 0.15) is 6.42 Å². The van der Waals surface area contributed by atoms with Gasteiger partial charge in [0.25, 0.3) is 0 Å². The highest BCUT2D eigenvalue weighted by molar-refractivity contribution is 6.04.